The van der Waals surface area contributed by atoms with Crippen LogP contribution in [0.1, 0.15) is 44.6 Å². The first-order valence-electron chi connectivity index (χ1n) is 7.06. The Morgan fingerprint density at radius 2 is 1.95 bits per heavy atom. The van der Waals surface area contributed by atoms with Gasteiger partial charge in [0, 0.05) is 6.42 Å². The molecule has 0 saturated carbocycles. The number of unbranched alkanes of at least 4 members (excludes halogenated alkanes) is 3. The third kappa shape index (κ3) is 7.29. The molecule has 1 aromatic rings. The number of hydrogen-bond acceptors (Lipinski definition) is 2. The second-order valence-corrected chi connectivity index (χ2v) is 7.18. The number of hydrogen-bond donors (Lipinski definition) is 1. The Bertz CT molecular complexity index is 656. The zero-order valence-corrected chi connectivity index (χ0v) is 14.8. The third-order valence-corrected chi connectivity index (χ3v) is 4.62. The van der Waals surface area contributed by atoms with E-state index < -0.39 is 10.0 Å². The van der Waals surface area contributed by atoms with Crippen LogP contribution in [0.25, 0.3) is 6.08 Å². The van der Waals surface area contributed by atoms with Crippen LogP contribution in [-0.2, 0) is 10.0 Å². The lowest BCUT2D eigenvalue weighted by Crippen LogP contribution is -2.13. The van der Waals surface area contributed by atoms with Crippen LogP contribution in [-0.4, -0.2) is 14.3 Å². The highest BCUT2D eigenvalue weighted by molar-refractivity contribution is 7.93. The minimum Gasteiger partial charge on any atom is -0.386 e. The highest BCUT2D eigenvalue weighted by Crippen LogP contribution is 2.23. The van der Waals surface area contributed by atoms with Crippen molar-refractivity contribution >= 4 is 45.1 Å². The Hall–Kier alpha value is -1.04. The molecule has 0 spiro atoms. The van der Waals surface area contributed by atoms with Crippen molar-refractivity contribution in [2.24, 2.45) is 10.1 Å². The summed E-state index contributed by atoms with van der Waals surface area (Å²) >= 11 is 11.7. The molecule has 0 atom stereocenters. The molecule has 22 heavy (non-hydrogen) atoms. The molecule has 1 rings (SSSR count). The van der Waals surface area contributed by atoms with E-state index in [-0.39, 0.29) is 5.84 Å². The van der Waals surface area contributed by atoms with Crippen molar-refractivity contribution in [3.05, 3.63) is 39.2 Å². The van der Waals surface area contributed by atoms with Crippen LogP contribution in [0.5, 0.6) is 0 Å². The summed E-state index contributed by atoms with van der Waals surface area (Å²) in [6.45, 7) is 2.11. The Labute approximate surface area is 142 Å². The molecule has 2 N–H and O–H groups in total. The van der Waals surface area contributed by atoms with Crippen LogP contribution in [0.15, 0.2) is 28.0 Å². The van der Waals surface area contributed by atoms with Crippen molar-refractivity contribution in [1.29, 1.82) is 0 Å². The van der Waals surface area contributed by atoms with Crippen molar-refractivity contribution in [2.75, 3.05) is 0 Å². The molecule has 0 bridgehead atoms. The van der Waals surface area contributed by atoms with Gasteiger partial charge in [0.1, 0.15) is 5.84 Å². The lowest BCUT2D eigenvalue weighted by Gasteiger charge is -2.00. The molecule has 0 fully saturated rings. The maximum atomic E-state index is 11.8. The van der Waals surface area contributed by atoms with E-state index in [4.69, 9.17) is 28.9 Å². The lowest BCUT2D eigenvalue weighted by molar-refractivity contribution is 0.606. The molecule has 122 valence electrons. The van der Waals surface area contributed by atoms with Crippen molar-refractivity contribution in [1.82, 2.24) is 0 Å². The van der Waals surface area contributed by atoms with Gasteiger partial charge in [-0.15, -0.1) is 4.40 Å². The van der Waals surface area contributed by atoms with Gasteiger partial charge in [-0.1, -0.05) is 55.5 Å². The topological polar surface area (TPSA) is 72.5 Å². The Kier molecular flexibility index (Phi) is 7.93. The van der Waals surface area contributed by atoms with Gasteiger partial charge in [0.2, 0.25) is 0 Å². The summed E-state index contributed by atoms with van der Waals surface area (Å²) in [4.78, 5) is 0. The molecule has 0 aliphatic heterocycles. The van der Waals surface area contributed by atoms with Crippen LogP contribution >= 0.6 is 23.2 Å². The van der Waals surface area contributed by atoms with Gasteiger partial charge >= 0.3 is 0 Å². The fraction of sp³-hybridized carbons (Fsp3) is 0.400. The molecule has 4 nitrogen and oxygen atoms in total. The van der Waals surface area contributed by atoms with Crippen LogP contribution in [0.3, 0.4) is 0 Å². The van der Waals surface area contributed by atoms with Crippen LogP contribution in [0.4, 0.5) is 0 Å². The summed E-state index contributed by atoms with van der Waals surface area (Å²) in [6.07, 6.45) is 5.98. The minimum absolute atomic E-state index is 0.134. The molecule has 0 aliphatic rings. The fourth-order valence-corrected chi connectivity index (χ4v) is 2.87. The first-order valence-corrected chi connectivity index (χ1v) is 9.32. The molecule has 0 saturated heterocycles. The molecule has 0 aromatic heterocycles. The summed E-state index contributed by atoms with van der Waals surface area (Å²) < 4.78 is 27.3. The van der Waals surface area contributed by atoms with Crippen molar-refractivity contribution < 1.29 is 8.42 Å². The van der Waals surface area contributed by atoms with Crippen molar-refractivity contribution in [2.45, 2.75) is 39.0 Å². The highest BCUT2D eigenvalue weighted by atomic mass is 35.5. The minimum atomic E-state index is -3.74. The first-order chi connectivity index (χ1) is 10.3. The zero-order chi connectivity index (χ0) is 16.6. The van der Waals surface area contributed by atoms with Gasteiger partial charge in [0.25, 0.3) is 10.0 Å². The van der Waals surface area contributed by atoms with Gasteiger partial charge in [0.15, 0.2) is 0 Å². The number of nitrogens with zero attached hydrogens (tertiary/aromatic N) is 1. The zero-order valence-electron chi connectivity index (χ0n) is 12.4. The van der Waals surface area contributed by atoms with E-state index in [0.29, 0.717) is 22.0 Å². The summed E-state index contributed by atoms with van der Waals surface area (Å²) in [5.41, 5.74) is 6.27. The standard InChI is InChI=1S/C15H20Cl2N2O2S/c1-2-3-4-5-6-15(18)19-22(20,21)10-9-12-7-8-13(16)14(17)11-12/h7-11H,2-6H2,1H3,(H2,18,19)/b10-9+. The molecule has 0 unspecified atom stereocenters. The number of nitrogens with two attached hydrogens (primary N) is 1. The van der Waals surface area contributed by atoms with Crippen molar-refractivity contribution in [3.8, 4) is 0 Å². The van der Waals surface area contributed by atoms with Gasteiger partial charge in [-0.25, -0.2) is 0 Å². The highest BCUT2D eigenvalue weighted by Gasteiger charge is 2.05. The molecule has 0 heterocycles. The van der Waals surface area contributed by atoms with E-state index in [9.17, 15) is 8.42 Å². The molecule has 7 heteroatoms. The second-order valence-electron chi connectivity index (χ2n) is 4.88. The molecule has 0 radical (unpaired) electrons. The van der Waals surface area contributed by atoms with Crippen LogP contribution < -0.4 is 5.73 Å². The van der Waals surface area contributed by atoms with E-state index in [1.807, 2.05) is 0 Å². The Morgan fingerprint density at radius 3 is 2.59 bits per heavy atom. The van der Waals surface area contributed by atoms with E-state index in [1.54, 1.807) is 18.2 Å². The average Bonchev–Trinajstić information content (AvgIpc) is 2.44. The van der Waals surface area contributed by atoms with Gasteiger partial charge < -0.3 is 5.73 Å². The first kappa shape index (κ1) is 19.0. The molecule has 0 amide bonds. The molecule has 0 aliphatic carbocycles. The summed E-state index contributed by atoms with van der Waals surface area (Å²) in [7, 11) is -3.74. The largest absolute Gasteiger partial charge is 0.386 e. The quantitative estimate of drug-likeness (QED) is 0.416. The average molecular weight is 363 g/mol. The normalized spacial score (nSPS) is 13.0. The van der Waals surface area contributed by atoms with E-state index in [1.165, 1.54) is 6.08 Å². The van der Waals surface area contributed by atoms with Crippen molar-refractivity contribution in [3.63, 3.8) is 0 Å². The van der Waals surface area contributed by atoms with E-state index >= 15 is 0 Å². The number of rotatable bonds is 8. The van der Waals surface area contributed by atoms with Crippen LogP contribution in [0, 0.1) is 0 Å². The molecular weight excluding hydrogens is 343 g/mol. The van der Waals surface area contributed by atoms with Gasteiger partial charge in [-0.05, 0) is 30.2 Å². The predicted octanol–water partition coefficient (Wildman–Crippen LogP) is 4.62. The predicted molar refractivity (Wildman–Crippen MR) is 94.8 cm³/mol. The second kappa shape index (κ2) is 9.18. The summed E-state index contributed by atoms with van der Waals surface area (Å²) in [6, 6.07) is 4.84. The fourth-order valence-electron chi connectivity index (χ4n) is 1.75. The summed E-state index contributed by atoms with van der Waals surface area (Å²) in [5.74, 6) is 0.134. The SMILES string of the molecule is CCCCCC/C(N)=N/S(=O)(=O)/C=C/c1ccc(Cl)c(Cl)c1. The molecular formula is C15H20Cl2N2O2S. The Morgan fingerprint density at radius 1 is 1.23 bits per heavy atom. The van der Waals surface area contributed by atoms with E-state index in [0.717, 1.165) is 31.1 Å². The maximum Gasteiger partial charge on any atom is 0.277 e. The molecule has 1 aromatic carbocycles. The van der Waals surface area contributed by atoms with E-state index in [2.05, 4.69) is 11.3 Å². The third-order valence-electron chi connectivity index (χ3n) is 2.91. The van der Waals surface area contributed by atoms with Crippen LogP contribution in [0.2, 0.25) is 10.0 Å². The van der Waals surface area contributed by atoms with Gasteiger partial charge in [0.05, 0.1) is 15.5 Å². The number of sulfonamides is 1. The number of benzene rings is 1. The number of halogens is 2. The Balaban J connectivity index is 2.69. The smallest absolute Gasteiger partial charge is 0.277 e. The monoisotopic (exact) mass is 362 g/mol. The lowest BCUT2D eigenvalue weighted by atomic mass is 10.1. The maximum absolute atomic E-state index is 11.8. The van der Waals surface area contributed by atoms with Gasteiger partial charge in [-0.3, -0.25) is 0 Å². The summed E-state index contributed by atoms with van der Waals surface area (Å²) in [5, 5.41) is 1.78. The van der Waals surface area contributed by atoms with Gasteiger partial charge in [-0.2, -0.15) is 8.42 Å². The number of amidine groups is 1.